The first-order valence-corrected chi connectivity index (χ1v) is 10.6. The van der Waals surface area contributed by atoms with E-state index in [-0.39, 0.29) is 0 Å². The Balaban J connectivity index is 1.84. The molecule has 3 nitrogen and oxygen atoms in total. The minimum absolute atomic E-state index is 0.496. The fraction of sp³-hybridized carbons (Fsp3) is 0.0870. The van der Waals surface area contributed by atoms with E-state index in [2.05, 4.69) is 24.4 Å². The molecule has 0 fully saturated rings. The van der Waals surface area contributed by atoms with Crippen molar-refractivity contribution < 1.29 is 4.74 Å². The molecule has 0 atom stereocenters. The molecule has 0 aliphatic heterocycles. The summed E-state index contributed by atoms with van der Waals surface area (Å²) in [4.78, 5) is 5.87. The van der Waals surface area contributed by atoms with Crippen LogP contribution in [0.4, 0.5) is 10.8 Å². The number of thiazole rings is 1. The van der Waals surface area contributed by atoms with Crippen molar-refractivity contribution in [3.8, 4) is 27.4 Å². The van der Waals surface area contributed by atoms with Gasteiger partial charge in [0.05, 0.1) is 27.7 Å². The van der Waals surface area contributed by atoms with Crippen LogP contribution in [0.3, 0.4) is 0 Å². The van der Waals surface area contributed by atoms with Crippen molar-refractivity contribution in [1.82, 2.24) is 4.98 Å². The van der Waals surface area contributed by atoms with Crippen molar-refractivity contribution in [2.75, 3.05) is 12.4 Å². The number of nitrogens with one attached hydrogen (secondary N) is 1. The number of anilines is 2. The molecule has 0 bridgehead atoms. The standard InChI is InChI=1S/C23H18Cl2N2OS/c1-14-7-10-16(11-8-14)26-23-27-21(15-9-12-18(24)19(25)13-15)22(29-23)17-5-3-4-6-20(17)28-2/h3-13H,1-2H3,(H,26,27). The van der Waals surface area contributed by atoms with Gasteiger partial charge in [-0.1, -0.05) is 70.4 Å². The van der Waals surface area contributed by atoms with Crippen LogP contribution in [-0.2, 0) is 0 Å². The number of benzene rings is 3. The highest BCUT2D eigenvalue weighted by atomic mass is 35.5. The van der Waals surface area contributed by atoms with Gasteiger partial charge in [0.1, 0.15) is 5.75 Å². The zero-order valence-corrected chi connectivity index (χ0v) is 18.2. The Morgan fingerprint density at radius 1 is 0.931 bits per heavy atom. The molecule has 0 radical (unpaired) electrons. The van der Waals surface area contributed by atoms with Crippen molar-refractivity contribution in [2.24, 2.45) is 0 Å². The van der Waals surface area contributed by atoms with Gasteiger partial charge in [0.2, 0.25) is 0 Å². The molecular weight excluding hydrogens is 423 g/mol. The van der Waals surface area contributed by atoms with Gasteiger partial charge in [0, 0.05) is 16.8 Å². The Morgan fingerprint density at radius 2 is 1.69 bits per heavy atom. The minimum atomic E-state index is 0.496. The third kappa shape index (κ3) is 4.25. The third-order valence-electron chi connectivity index (χ3n) is 4.47. The summed E-state index contributed by atoms with van der Waals surface area (Å²) in [5.41, 5.74) is 4.89. The van der Waals surface area contributed by atoms with Crippen LogP contribution in [0.1, 0.15) is 5.56 Å². The van der Waals surface area contributed by atoms with Crippen LogP contribution in [-0.4, -0.2) is 12.1 Å². The maximum absolute atomic E-state index is 6.28. The molecule has 0 saturated heterocycles. The summed E-state index contributed by atoms with van der Waals surface area (Å²) in [6.45, 7) is 2.06. The lowest BCUT2D eigenvalue weighted by atomic mass is 10.1. The van der Waals surface area contributed by atoms with E-state index in [0.29, 0.717) is 10.0 Å². The zero-order valence-electron chi connectivity index (χ0n) is 15.9. The summed E-state index contributed by atoms with van der Waals surface area (Å²) in [6, 6.07) is 21.7. The lowest BCUT2D eigenvalue weighted by molar-refractivity contribution is 0.416. The summed E-state index contributed by atoms with van der Waals surface area (Å²) in [7, 11) is 1.67. The molecule has 0 amide bonds. The van der Waals surface area contributed by atoms with Crippen molar-refractivity contribution in [3.63, 3.8) is 0 Å². The molecule has 0 saturated carbocycles. The van der Waals surface area contributed by atoms with E-state index in [1.165, 1.54) is 5.56 Å². The zero-order chi connectivity index (χ0) is 20.4. The van der Waals surface area contributed by atoms with Gasteiger partial charge in [-0.15, -0.1) is 0 Å². The quantitative estimate of drug-likeness (QED) is 0.343. The van der Waals surface area contributed by atoms with E-state index in [9.17, 15) is 0 Å². The highest BCUT2D eigenvalue weighted by molar-refractivity contribution is 7.19. The normalized spacial score (nSPS) is 10.8. The fourth-order valence-corrected chi connectivity index (χ4v) is 4.32. The van der Waals surface area contributed by atoms with Crippen LogP contribution in [0.15, 0.2) is 66.7 Å². The Kier molecular flexibility index (Phi) is 5.76. The average Bonchev–Trinajstić information content (AvgIpc) is 3.15. The van der Waals surface area contributed by atoms with E-state index < -0.39 is 0 Å². The Bertz CT molecular complexity index is 1160. The molecule has 0 unspecified atom stereocenters. The van der Waals surface area contributed by atoms with Gasteiger partial charge in [-0.3, -0.25) is 0 Å². The topological polar surface area (TPSA) is 34.1 Å². The number of hydrogen-bond acceptors (Lipinski definition) is 4. The second kappa shape index (κ2) is 8.46. The van der Waals surface area contributed by atoms with Crippen LogP contribution < -0.4 is 10.1 Å². The Hall–Kier alpha value is -2.53. The van der Waals surface area contributed by atoms with E-state index in [0.717, 1.165) is 38.3 Å². The maximum atomic E-state index is 6.28. The molecule has 6 heteroatoms. The number of ether oxygens (including phenoxy) is 1. The molecule has 4 aromatic rings. The smallest absolute Gasteiger partial charge is 0.188 e. The van der Waals surface area contributed by atoms with Gasteiger partial charge in [-0.25, -0.2) is 4.98 Å². The van der Waals surface area contributed by atoms with Gasteiger partial charge >= 0.3 is 0 Å². The van der Waals surface area contributed by atoms with Crippen LogP contribution in [0.25, 0.3) is 21.7 Å². The summed E-state index contributed by atoms with van der Waals surface area (Å²) < 4.78 is 5.59. The molecule has 29 heavy (non-hydrogen) atoms. The molecular formula is C23H18Cl2N2OS. The third-order valence-corrected chi connectivity index (χ3v) is 6.22. The molecule has 0 aliphatic rings. The largest absolute Gasteiger partial charge is 0.496 e. The molecule has 0 aliphatic carbocycles. The second-order valence-electron chi connectivity index (χ2n) is 6.52. The van der Waals surface area contributed by atoms with Crippen molar-refractivity contribution in [1.29, 1.82) is 0 Å². The molecule has 1 aromatic heterocycles. The van der Waals surface area contributed by atoms with Crippen molar-refractivity contribution in [3.05, 3.63) is 82.3 Å². The number of rotatable bonds is 5. The van der Waals surface area contributed by atoms with Crippen molar-refractivity contribution in [2.45, 2.75) is 6.92 Å². The molecule has 1 N–H and O–H groups in total. The number of methoxy groups -OCH3 is 1. The summed E-state index contributed by atoms with van der Waals surface area (Å²) in [5.74, 6) is 0.791. The number of aryl methyl sites for hydroxylation is 1. The Labute approximate surface area is 183 Å². The fourth-order valence-electron chi connectivity index (χ4n) is 2.99. The summed E-state index contributed by atoms with van der Waals surface area (Å²) in [5, 5.41) is 5.20. The van der Waals surface area contributed by atoms with E-state index in [1.807, 2.05) is 48.5 Å². The van der Waals surface area contributed by atoms with Crippen molar-refractivity contribution >= 4 is 45.4 Å². The van der Waals surface area contributed by atoms with Gasteiger partial charge in [-0.2, -0.15) is 0 Å². The molecule has 1 heterocycles. The van der Waals surface area contributed by atoms with Gasteiger partial charge in [0.25, 0.3) is 0 Å². The maximum Gasteiger partial charge on any atom is 0.188 e. The highest BCUT2D eigenvalue weighted by Crippen LogP contribution is 2.44. The molecule has 0 spiro atoms. The van der Waals surface area contributed by atoms with E-state index in [1.54, 1.807) is 24.5 Å². The van der Waals surface area contributed by atoms with Crippen LogP contribution in [0.2, 0.25) is 10.0 Å². The van der Waals surface area contributed by atoms with Crippen LogP contribution in [0.5, 0.6) is 5.75 Å². The lowest BCUT2D eigenvalue weighted by Crippen LogP contribution is -1.90. The number of hydrogen-bond donors (Lipinski definition) is 1. The Morgan fingerprint density at radius 3 is 2.41 bits per heavy atom. The summed E-state index contributed by atoms with van der Waals surface area (Å²) >= 11 is 14.0. The molecule has 146 valence electrons. The SMILES string of the molecule is COc1ccccc1-c1sc(Nc2ccc(C)cc2)nc1-c1ccc(Cl)c(Cl)c1. The number of para-hydroxylation sites is 1. The number of nitrogens with zero attached hydrogens (tertiary/aromatic N) is 1. The monoisotopic (exact) mass is 440 g/mol. The second-order valence-corrected chi connectivity index (χ2v) is 8.33. The average molecular weight is 441 g/mol. The van der Waals surface area contributed by atoms with Crippen LogP contribution >= 0.6 is 34.5 Å². The highest BCUT2D eigenvalue weighted by Gasteiger charge is 2.19. The molecule has 4 rings (SSSR count). The van der Waals surface area contributed by atoms with Gasteiger partial charge in [-0.05, 0) is 43.3 Å². The number of aromatic nitrogens is 1. The summed E-state index contributed by atoms with van der Waals surface area (Å²) in [6.07, 6.45) is 0. The molecule has 3 aromatic carbocycles. The first kappa shape index (κ1) is 19.8. The lowest BCUT2D eigenvalue weighted by Gasteiger charge is -2.08. The van der Waals surface area contributed by atoms with E-state index in [4.69, 9.17) is 32.9 Å². The van der Waals surface area contributed by atoms with E-state index >= 15 is 0 Å². The van der Waals surface area contributed by atoms with Gasteiger partial charge in [0.15, 0.2) is 5.13 Å². The van der Waals surface area contributed by atoms with Crippen LogP contribution in [0, 0.1) is 6.92 Å². The first-order valence-electron chi connectivity index (χ1n) is 8.98. The predicted molar refractivity (Wildman–Crippen MR) is 124 cm³/mol. The predicted octanol–water partition coefficient (Wildman–Crippen LogP) is 7.84. The number of halogens is 2. The minimum Gasteiger partial charge on any atom is -0.496 e. The van der Waals surface area contributed by atoms with Gasteiger partial charge < -0.3 is 10.1 Å². The first-order chi connectivity index (χ1) is 14.0.